The Morgan fingerprint density at radius 1 is 1.00 bits per heavy atom. The van der Waals surface area contributed by atoms with Gasteiger partial charge < -0.3 is 0 Å². The van der Waals surface area contributed by atoms with Gasteiger partial charge in [-0.25, -0.2) is 14.6 Å². The Morgan fingerprint density at radius 3 is 2.48 bits per heavy atom. The van der Waals surface area contributed by atoms with E-state index in [0.717, 1.165) is 53.8 Å². The standard InChI is InChI=1S/C25H31N7O/c1-4-5-6-14-32-25(33)31(23(28-32)15-18(2)3)17-19-10-12-20(13-11-19)21-8-7-9-22(16-21)24-26-29-30-27-24/h7-13,16,18H,4-6,14-15,17H2,1-3H3,(H,26,27,29,30). The number of benzene rings is 2. The molecule has 4 aromatic rings. The third-order valence-electron chi connectivity index (χ3n) is 5.67. The third kappa shape index (κ3) is 5.45. The summed E-state index contributed by atoms with van der Waals surface area (Å²) in [5.41, 5.74) is 4.17. The van der Waals surface area contributed by atoms with Crippen LogP contribution in [0.2, 0.25) is 0 Å². The average molecular weight is 446 g/mol. The summed E-state index contributed by atoms with van der Waals surface area (Å²) < 4.78 is 3.48. The molecule has 0 unspecified atom stereocenters. The smallest absolute Gasteiger partial charge is 0.274 e. The quantitative estimate of drug-likeness (QED) is 0.367. The molecule has 0 amide bonds. The molecule has 2 aromatic heterocycles. The van der Waals surface area contributed by atoms with E-state index in [0.29, 0.717) is 24.8 Å². The van der Waals surface area contributed by atoms with Gasteiger partial charge in [-0.2, -0.15) is 5.10 Å². The third-order valence-corrected chi connectivity index (χ3v) is 5.67. The van der Waals surface area contributed by atoms with Crippen molar-refractivity contribution in [2.75, 3.05) is 0 Å². The van der Waals surface area contributed by atoms with Crippen LogP contribution in [0.5, 0.6) is 0 Å². The first-order valence-electron chi connectivity index (χ1n) is 11.6. The maximum Gasteiger partial charge on any atom is 0.346 e. The lowest BCUT2D eigenvalue weighted by Crippen LogP contribution is -2.26. The Bertz CT molecular complexity index is 1220. The molecule has 8 nitrogen and oxygen atoms in total. The van der Waals surface area contributed by atoms with E-state index in [9.17, 15) is 4.79 Å². The number of hydrogen-bond donors (Lipinski definition) is 1. The number of H-pyrrole nitrogens is 1. The van der Waals surface area contributed by atoms with Crippen molar-refractivity contribution in [1.82, 2.24) is 35.0 Å². The molecule has 172 valence electrons. The van der Waals surface area contributed by atoms with Crippen LogP contribution in [0.15, 0.2) is 53.3 Å². The van der Waals surface area contributed by atoms with E-state index in [1.54, 1.807) is 4.68 Å². The lowest BCUT2D eigenvalue weighted by Gasteiger charge is -2.09. The van der Waals surface area contributed by atoms with Gasteiger partial charge in [0.25, 0.3) is 0 Å². The highest BCUT2D eigenvalue weighted by Crippen LogP contribution is 2.24. The molecule has 2 aromatic carbocycles. The zero-order valence-corrected chi connectivity index (χ0v) is 19.5. The number of aromatic nitrogens is 7. The SMILES string of the molecule is CCCCCn1nc(CC(C)C)n(Cc2ccc(-c3cccc(-c4nnn[nH]4)c3)cc2)c1=O. The van der Waals surface area contributed by atoms with Gasteiger partial charge in [0.15, 0.2) is 5.82 Å². The number of tetrazole rings is 1. The highest BCUT2D eigenvalue weighted by Gasteiger charge is 2.15. The molecular weight excluding hydrogens is 414 g/mol. The fourth-order valence-corrected chi connectivity index (χ4v) is 3.93. The average Bonchev–Trinajstić information content (AvgIpc) is 3.45. The van der Waals surface area contributed by atoms with E-state index in [2.05, 4.69) is 82.9 Å². The van der Waals surface area contributed by atoms with Crippen molar-refractivity contribution in [3.8, 4) is 22.5 Å². The summed E-state index contributed by atoms with van der Waals surface area (Å²) in [4.78, 5) is 13.1. The summed E-state index contributed by atoms with van der Waals surface area (Å²) in [5, 5.41) is 18.8. The van der Waals surface area contributed by atoms with Gasteiger partial charge >= 0.3 is 5.69 Å². The number of nitrogens with one attached hydrogen (secondary N) is 1. The number of nitrogens with zero attached hydrogens (tertiary/aromatic N) is 6. The van der Waals surface area contributed by atoms with Gasteiger partial charge in [0.05, 0.1) is 6.54 Å². The highest BCUT2D eigenvalue weighted by molar-refractivity contribution is 5.70. The summed E-state index contributed by atoms with van der Waals surface area (Å²) in [6, 6.07) is 16.4. The highest BCUT2D eigenvalue weighted by atomic mass is 16.2. The van der Waals surface area contributed by atoms with Crippen molar-refractivity contribution < 1.29 is 0 Å². The zero-order valence-electron chi connectivity index (χ0n) is 19.5. The van der Waals surface area contributed by atoms with Crippen molar-refractivity contribution >= 4 is 0 Å². The van der Waals surface area contributed by atoms with Crippen LogP contribution in [-0.4, -0.2) is 35.0 Å². The fraction of sp³-hybridized carbons (Fsp3) is 0.400. The zero-order chi connectivity index (χ0) is 23.2. The number of aryl methyl sites for hydroxylation is 1. The number of unbranched alkanes of at least 4 members (excludes halogenated alkanes) is 2. The molecule has 33 heavy (non-hydrogen) atoms. The Morgan fingerprint density at radius 2 is 1.79 bits per heavy atom. The summed E-state index contributed by atoms with van der Waals surface area (Å²) in [7, 11) is 0. The van der Waals surface area contributed by atoms with Crippen LogP contribution in [0, 0.1) is 5.92 Å². The first kappa shape index (κ1) is 22.6. The minimum absolute atomic E-state index is 0.0146. The number of hydrogen-bond acceptors (Lipinski definition) is 5. The lowest BCUT2D eigenvalue weighted by atomic mass is 10.0. The van der Waals surface area contributed by atoms with Crippen LogP contribution in [0.25, 0.3) is 22.5 Å². The maximum absolute atomic E-state index is 13.1. The monoisotopic (exact) mass is 445 g/mol. The van der Waals surface area contributed by atoms with Crippen molar-refractivity contribution in [3.05, 3.63) is 70.4 Å². The Balaban J connectivity index is 1.55. The molecule has 4 rings (SSSR count). The van der Waals surface area contributed by atoms with Gasteiger partial charge in [-0.3, -0.25) is 4.57 Å². The van der Waals surface area contributed by atoms with Crippen LogP contribution >= 0.6 is 0 Å². The predicted octanol–water partition coefficient (Wildman–Crippen LogP) is 4.33. The maximum atomic E-state index is 13.1. The molecule has 8 heteroatoms. The van der Waals surface area contributed by atoms with Gasteiger partial charge in [-0.1, -0.05) is 76.1 Å². The summed E-state index contributed by atoms with van der Waals surface area (Å²) >= 11 is 0. The Labute approximate surface area is 193 Å². The molecule has 0 aliphatic heterocycles. The first-order valence-corrected chi connectivity index (χ1v) is 11.6. The minimum Gasteiger partial charge on any atom is -0.274 e. The van der Waals surface area contributed by atoms with Crippen LogP contribution in [0.3, 0.4) is 0 Å². The number of rotatable bonds is 10. The molecule has 0 aliphatic carbocycles. The van der Waals surface area contributed by atoms with E-state index < -0.39 is 0 Å². The van der Waals surface area contributed by atoms with Crippen molar-refractivity contribution in [2.24, 2.45) is 5.92 Å². The minimum atomic E-state index is -0.0146. The van der Waals surface area contributed by atoms with E-state index in [1.165, 1.54) is 0 Å². The topological polar surface area (TPSA) is 94.3 Å². The van der Waals surface area contributed by atoms with Gasteiger partial charge in [-0.15, -0.1) is 5.10 Å². The van der Waals surface area contributed by atoms with Crippen molar-refractivity contribution in [3.63, 3.8) is 0 Å². The second-order valence-electron chi connectivity index (χ2n) is 8.84. The largest absolute Gasteiger partial charge is 0.346 e. The molecule has 0 bridgehead atoms. The summed E-state index contributed by atoms with van der Waals surface area (Å²) in [6.07, 6.45) is 4.00. The number of aromatic amines is 1. The second-order valence-corrected chi connectivity index (χ2v) is 8.84. The van der Waals surface area contributed by atoms with E-state index in [-0.39, 0.29) is 5.69 Å². The second kappa shape index (κ2) is 10.4. The molecule has 0 spiro atoms. The molecule has 2 heterocycles. The van der Waals surface area contributed by atoms with E-state index in [4.69, 9.17) is 0 Å². The van der Waals surface area contributed by atoms with Crippen LogP contribution < -0.4 is 5.69 Å². The van der Waals surface area contributed by atoms with Gasteiger partial charge in [-0.05, 0) is 45.5 Å². The van der Waals surface area contributed by atoms with Crippen LogP contribution in [0.4, 0.5) is 0 Å². The molecule has 0 saturated carbocycles. The molecule has 1 N–H and O–H groups in total. The van der Waals surface area contributed by atoms with Crippen LogP contribution in [0.1, 0.15) is 51.4 Å². The molecule has 0 atom stereocenters. The van der Waals surface area contributed by atoms with Crippen molar-refractivity contribution in [2.45, 2.75) is 59.5 Å². The molecule has 0 fully saturated rings. The van der Waals surface area contributed by atoms with E-state index >= 15 is 0 Å². The fourth-order valence-electron chi connectivity index (χ4n) is 3.93. The van der Waals surface area contributed by atoms with Crippen molar-refractivity contribution in [1.29, 1.82) is 0 Å². The lowest BCUT2D eigenvalue weighted by molar-refractivity contribution is 0.527. The van der Waals surface area contributed by atoms with Gasteiger partial charge in [0.1, 0.15) is 5.82 Å². The molecule has 0 radical (unpaired) electrons. The van der Waals surface area contributed by atoms with Gasteiger partial charge in [0, 0.05) is 18.5 Å². The van der Waals surface area contributed by atoms with Crippen LogP contribution in [-0.2, 0) is 19.5 Å². The molecule has 0 aliphatic rings. The molecule has 0 saturated heterocycles. The first-order chi connectivity index (χ1) is 16.0. The predicted molar refractivity (Wildman–Crippen MR) is 129 cm³/mol. The molecular formula is C25H31N7O. The Hall–Kier alpha value is -3.55. The van der Waals surface area contributed by atoms with Gasteiger partial charge in [0.2, 0.25) is 0 Å². The Kier molecular flexibility index (Phi) is 7.12. The summed E-state index contributed by atoms with van der Waals surface area (Å²) in [5.74, 6) is 1.94. The normalized spacial score (nSPS) is 11.4. The van der Waals surface area contributed by atoms with E-state index in [1.807, 2.05) is 16.7 Å². The summed E-state index contributed by atoms with van der Waals surface area (Å²) in [6.45, 7) is 7.68.